The molecule has 0 unspecified atom stereocenters. The summed E-state index contributed by atoms with van der Waals surface area (Å²) in [5.74, 6) is 0. The molecule has 5 nitrogen and oxygen atoms in total. The van der Waals surface area contributed by atoms with E-state index in [-0.39, 0.29) is 0 Å². The molecule has 0 amide bonds. The zero-order valence-electron chi connectivity index (χ0n) is 5.41. The maximum atomic E-state index is 10.1. The van der Waals surface area contributed by atoms with Gasteiger partial charge in [0.15, 0.2) is 0 Å². The molecule has 0 spiro atoms. The van der Waals surface area contributed by atoms with E-state index in [1.54, 1.807) is 18.2 Å². The van der Waals surface area contributed by atoms with E-state index in [4.69, 9.17) is 4.55 Å². The number of hydrogen-bond donors (Lipinski definition) is 1. The van der Waals surface area contributed by atoms with E-state index in [1.165, 1.54) is 12.4 Å². The van der Waals surface area contributed by atoms with Gasteiger partial charge in [0.1, 0.15) is 0 Å². The van der Waals surface area contributed by atoms with Gasteiger partial charge in [0.2, 0.25) is 12.4 Å². The van der Waals surface area contributed by atoms with Gasteiger partial charge >= 0.3 is 10.4 Å². The van der Waals surface area contributed by atoms with Gasteiger partial charge in [-0.1, -0.05) is 6.07 Å². The van der Waals surface area contributed by atoms with Gasteiger partial charge < -0.3 is 0 Å². The normalized spacial score (nSPS) is 11.0. The van der Waals surface area contributed by atoms with Gasteiger partial charge in [0.25, 0.3) is 0 Å². The first-order valence-electron chi connectivity index (χ1n) is 2.71. The third-order valence-corrected chi connectivity index (χ3v) is 1.23. The zero-order valence-corrected chi connectivity index (χ0v) is 6.23. The van der Waals surface area contributed by atoms with Gasteiger partial charge in [-0.3, -0.25) is 4.55 Å². The highest BCUT2D eigenvalue weighted by atomic mass is 32.3. The lowest BCUT2D eigenvalue weighted by molar-refractivity contribution is -0.857. The first-order chi connectivity index (χ1) is 5.08. The molecule has 0 aromatic carbocycles. The zero-order chi connectivity index (χ0) is 8.32. The second kappa shape index (κ2) is 2.85. The molecule has 6 heteroatoms. The van der Waals surface area contributed by atoms with Crippen LogP contribution in [-0.2, 0) is 10.4 Å². The van der Waals surface area contributed by atoms with Crippen LogP contribution in [-0.4, -0.2) is 13.0 Å². The van der Waals surface area contributed by atoms with Gasteiger partial charge in [0.05, 0.1) is 0 Å². The van der Waals surface area contributed by atoms with Gasteiger partial charge in [-0.15, -0.1) is 4.28 Å². The molecule has 0 atom stereocenters. The molecule has 0 saturated heterocycles. The van der Waals surface area contributed by atoms with Gasteiger partial charge in [0, 0.05) is 16.9 Å². The minimum Gasteiger partial charge on any atom is -0.250 e. The Morgan fingerprint density at radius 2 is 1.73 bits per heavy atom. The third kappa shape index (κ3) is 2.96. The Morgan fingerprint density at radius 3 is 2.18 bits per heavy atom. The summed E-state index contributed by atoms with van der Waals surface area (Å²) in [6.45, 7) is 0. The van der Waals surface area contributed by atoms with Crippen LogP contribution in [0.1, 0.15) is 0 Å². The van der Waals surface area contributed by atoms with E-state index in [0.717, 1.165) is 4.73 Å². The molecule has 0 saturated carbocycles. The highest BCUT2D eigenvalue weighted by Crippen LogP contribution is 1.77. The lowest BCUT2D eigenvalue weighted by atomic mass is 10.5. The maximum Gasteiger partial charge on any atom is 0.500 e. The number of aromatic nitrogens is 1. The van der Waals surface area contributed by atoms with E-state index in [1.807, 2.05) is 0 Å². The molecule has 1 aromatic rings. The van der Waals surface area contributed by atoms with Crippen LogP contribution in [0.4, 0.5) is 0 Å². The molecule has 0 aliphatic carbocycles. The van der Waals surface area contributed by atoms with Gasteiger partial charge in [-0.2, -0.15) is 8.42 Å². The molecule has 0 bridgehead atoms. The van der Waals surface area contributed by atoms with Crippen molar-refractivity contribution in [2.24, 2.45) is 0 Å². The van der Waals surface area contributed by atoms with Crippen molar-refractivity contribution in [2.45, 2.75) is 0 Å². The van der Waals surface area contributed by atoms with Crippen molar-refractivity contribution >= 4 is 10.4 Å². The lowest BCUT2D eigenvalue weighted by Gasteiger charge is -1.89. The minimum absolute atomic E-state index is 0.870. The van der Waals surface area contributed by atoms with E-state index in [9.17, 15) is 8.42 Å². The molecule has 0 aliphatic heterocycles. The van der Waals surface area contributed by atoms with Crippen molar-refractivity contribution in [1.82, 2.24) is 0 Å². The number of nitrogens with zero attached hydrogens (tertiary/aromatic N) is 1. The predicted octanol–water partition coefficient (Wildman–Crippen LogP) is -0.794. The smallest absolute Gasteiger partial charge is 0.250 e. The fourth-order valence-corrected chi connectivity index (χ4v) is 0.858. The molecule has 60 valence electrons. The Kier molecular flexibility index (Phi) is 2.06. The lowest BCUT2D eigenvalue weighted by Crippen LogP contribution is -2.44. The predicted molar refractivity (Wildman–Crippen MR) is 34.8 cm³/mol. The summed E-state index contributed by atoms with van der Waals surface area (Å²) in [5, 5.41) is 0. The van der Waals surface area contributed by atoms with Crippen molar-refractivity contribution in [3.63, 3.8) is 0 Å². The fourth-order valence-electron chi connectivity index (χ4n) is 0.541. The topological polar surface area (TPSA) is 67.5 Å². The largest absolute Gasteiger partial charge is 0.500 e. The van der Waals surface area contributed by atoms with Crippen LogP contribution < -0.4 is 9.01 Å². The number of pyridine rings is 1. The van der Waals surface area contributed by atoms with Crippen molar-refractivity contribution in [1.29, 1.82) is 0 Å². The van der Waals surface area contributed by atoms with Crippen LogP contribution in [0.15, 0.2) is 30.6 Å². The van der Waals surface area contributed by atoms with Crippen molar-refractivity contribution < 1.29 is 22.0 Å². The highest BCUT2D eigenvalue weighted by Gasteiger charge is 2.11. The molecule has 0 radical (unpaired) electrons. The van der Waals surface area contributed by atoms with Gasteiger partial charge in [-0.05, 0) is 0 Å². The molecule has 1 N–H and O–H groups in total. The summed E-state index contributed by atoms with van der Waals surface area (Å²) in [6, 6.07) is 4.81. The van der Waals surface area contributed by atoms with Crippen molar-refractivity contribution in [3.8, 4) is 0 Å². The first kappa shape index (κ1) is 7.96. The first-order valence-corrected chi connectivity index (χ1v) is 4.08. The summed E-state index contributed by atoms with van der Waals surface area (Å²) < 4.78 is 33.3. The van der Waals surface area contributed by atoms with E-state index in [2.05, 4.69) is 4.28 Å². The maximum absolute atomic E-state index is 10.1. The molecular weight excluding hydrogens is 170 g/mol. The minimum atomic E-state index is -4.41. The van der Waals surface area contributed by atoms with Crippen LogP contribution in [0.5, 0.6) is 0 Å². The fraction of sp³-hybridized carbons (Fsp3) is 0. The van der Waals surface area contributed by atoms with Crippen LogP contribution in [0.2, 0.25) is 0 Å². The molecule has 0 fully saturated rings. The van der Waals surface area contributed by atoms with Crippen molar-refractivity contribution in [2.75, 3.05) is 0 Å². The Hall–Kier alpha value is -1.14. The molecular formula is C5H6NO4S+. The summed E-state index contributed by atoms with van der Waals surface area (Å²) in [7, 11) is -4.41. The highest BCUT2D eigenvalue weighted by molar-refractivity contribution is 7.80. The summed E-state index contributed by atoms with van der Waals surface area (Å²) in [4.78, 5) is 0. The monoisotopic (exact) mass is 176 g/mol. The second-order valence-corrected chi connectivity index (χ2v) is 2.74. The number of rotatable bonds is 2. The van der Waals surface area contributed by atoms with Crippen molar-refractivity contribution in [3.05, 3.63) is 30.6 Å². The van der Waals surface area contributed by atoms with Gasteiger partial charge in [-0.25, -0.2) is 0 Å². The van der Waals surface area contributed by atoms with E-state index < -0.39 is 10.4 Å². The summed E-state index contributed by atoms with van der Waals surface area (Å²) in [6.07, 6.45) is 2.68. The molecule has 1 heterocycles. The van der Waals surface area contributed by atoms with E-state index >= 15 is 0 Å². The number of hydrogen-bond acceptors (Lipinski definition) is 3. The SMILES string of the molecule is O=S(=O)(O)O[n+]1ccccc1. The Labute approximate surface area is 63.8 Å². The van der Waals surface area contributed by atoms with Crippen LogP contribution in [0.25, 0.3) is 0 Å². The Balaban J connectivity index is 2.82. The molecule has 1 rings (SSSR count). The van der Waals surface area contributed by atoms with E-state index in [0.29, 0.717) is 0 Å². The summed E-state index contributed by atoms with van der Waals surface area (Å²) in [5.41, 5.74) is 0. The van der Waals surface area contributed by atoms with Crippen LogP contribution in [0, 0.1) is 0 Å². The molecule has 11 heavy (non-hydrogen) atoms. The van der Waals surface area contributed by atoms with Crippen LogP contribution >= 0.6 is 0 Å². The Morgan fingerprint density at radius 1 is 1.18 bits per heavy atom. The van der Waals surface area contributed by atoms with Crippen LogP contribution in [0.3, 0.4) is 0 Å². The standard InChI is InChI=1S/C5H5NO4S/c7-11(8,9)10-6-4-2-1-3-5-6/h1-5H/p+1. The Bertz CT molecular complexity index is 320. The molecule has 1 aromatic heterocycles. The third-order valence-electron chi connectivity index (χ3n) is 0.868. The average Bonchev–Trinajstić information content (AvgIpc) is 1.85. The summed E-state index contributed by atoms with van der Waals surface area (Å²) >= 11 is 0. The average molecular weight is 176 g/mol. The molecule has 0 aliphatic rings. The quantitative estimate of drug-likeness (QED) is 0.473. The second-order valence-electron chi connectivity index (χ2n) is 1.74.